The summed E-state index contributed by atoms with van der Waals surface area (Å²) >= 11 is 3.09. The molecule has 0 bridgehead atoms. The van der Waals surface area contributed by atoms with Crippen LogP contribution in [0.15, 0.2) is 22.7 Å². The summed E-state index contributed by atoms with van der Waals surface area (Å²) in [5.74, 6) is -1.25. The highest BCUT2D eigenvalue weighted by molar-refractivity contribution is 9.10. The molecule has 6 nitrogen and oxygen atoms in total. The van der Waals surface area contributed by atoms with Gasteiger partial charge in [0.15, 0.2) is 5.82 Å². The average molecular weight is 329 g/mol. The smallest absolute Gasteiger partial charge is 0.305 e. The summed E-state index contributed by atoms with van der Waals surface area (Å²) in [6.07, 6.45) is -0.145. The predicted octanol–water partition coefficient (Wildman–Crippen LogP) is 2.28. The number of tetrazole rings is 1. The second-order valence-electron chi connectivity index (χ2n) is 4.00. The Kier molecular flexibility index (Phi) is 3.89. The third kappa shape index (κ3) is 2.78. The van der Waals surface area contributed by atoms with Crippen molar-refractivity contribution in [2.75, 3.05) is 0 Å². The first-order valence-corrected chi connectivity index (χ1v) is 6.24. The van der Waals surface area contributed by atoms with Crippen molar-refractivity contribution in [1.82, 2.24) is 20.2 Å². The molecule has 2 rings (SSSR count). The molecule has 2 aromatic rings. The number of rotatable bonds is 4. The molecule has 0 amide bonds. The van der Waals surface area contributed by atoms with E-state index in [1.54, 1.807) is 19.1 Å². The van der Waals surface area contributed by atoms with Crippen molar-refractivity contribution in [3.05, 3.63) is 28.5 Å². The Balaban J connectivity index is 2.44. The Labute approximate surface area is 116 Å². The molecule has 1 heterocycles. The van der Waals surface area contributed by atoms with E-state index in [2.05, 4.69) is 31.5 Å². The van der Waals surface area contributed by atoms with Crippen LogP contribution in [0, 0.1) is 5.82 Å². The summed E-state index contributed by atoms with van der Waals surface area (Å²) in [5.41, 5.74) is 0.219. The molecule has 0 saturated heterocycles. The average Bonchev–Trinajstić information content (AvgIpc) is 2.80. The number of carboxylic acid groups (broad SMARTS) is 1. The minimum Gasteiger partial charge on any atom is -0.481 e. The zero-order valence-electron chi connectivity index (χ0n) is 9.92. The van der Waals surface area contributed by atoms with Gasteiger partial charge in [0, 0.05) is 0 Å². The maximum absolute atomic E-state index is 14.0. The van der Waals surface area contributed by atoms with E-state index in [9.17, 15) is 9.18 Å². The molecule has 0 fully saturated rings. The van der Waals surface area contributed by atoms with E-state index >= 15 is 0 Å². The normalized spacial score (nSPS) is 12.4. The van der Waals surface area contributed by atoms with Crippen molar-refractivity contribution in [2.45, 2.75) is 19.4 Å². The van der Waals surface area contributed by atoms with Crippen LogP contribution in [0.5, 0.6) is 0 Å². The van der Waals surface area contributed by atoms with Crippen LogP contribution in [0.3, 0.4) is 0 Å². The van der Waals surface area contributed by atoms with Crippen LogP contribution in [0.25, 0.3) is 11.4 Å². The fraction of sp³-hybridized carbons (Fsp3) is 0.273. The van der Waals surface area contributed by atoms with Crippen LogP contribution >= 0.6 is 15.9 Å². The van der Waals surface area contributed by atoms with Gasteiger partial charge in [-0.15, -0.1) is 5.10 Å². The number of hydrogen-bond acceptors (Lipinski definition) is 4. The van der Waals surface area contributed by atoms with Crippen molar-refractivity contribution < 1.29 is 14.3 Å². The Bertz CT molecular complexity index is 616. The van der Waals surface area contributed by atoms with Gasteiger partial charge in [-0.2, -0.15) is 0 Å². The number of carboxylic acids is 1. The van der Waals surface area contributed by atoms with Crippen LogP contribution in [0.2, 0.25) is 0 Å². The number of aliphatic carboxylic acids is 1. The summed E-state index contributed by atoms with van der Waals surface area (Å²) < 4.78 is 15.6. The molecule has 0 radical (unpaired) electrons. The Hall–Kier alpha value is -1.83. The highest BCUT2D eigenvalue weighted by Gasteiger charge is 2.20. The SMILES string of the molecule is CC(CC(=O)O)n1nnnc1-c1cccc(Br)c1F. The lowest BCUT2D eigenvalue weighted by Gasteiger charge is -2.11. The molecule has 8 heteroatoms. The van der Waals surface area contributed by atoms with Gasteiger partial charge in [0.1, 0.15) is 5.82 Å². The molecule has 0 saturated carbocycles. The zero-order valence-corrected chi connectivity index (χ0v) is 11.5. The van der Waals surface area contributed by atoms with Crippen LogP contribution in [0.1, 0.15) is 19.4 Å². The van der Waals surface area contributed by atoms with Gasteiger partial charge in [-0.05, 0) is 45.4 Å². The van der Waals surface area contributed by atoms with E-state index in [1.807, 2.05) is 0 Å². The van der Waals surface area contributed by atoms with Crippen LogP contribution < -0.4 is 0 Å². The molecule has 1 atom stereocenters. The maximum atomic E-state index is 14.0. The minimum absolute atomic E-state index is 0.145. The van der Waals surface area contributed by atoms with Crippen molar-refractivity contribution in [2.24, 2.45) is 0 Å². The topological polar surface area (TPSA) is 80.9 Å². The highest BCUT2D eigenvalue weighted by Crippen LogP contribution is 2.27. The lowest BCUT2D eigenvalue weighted by Crippen LogP contribution is -2.13. The van der Waals surface area contributed by atoms with Crippen LogP contribution in [0.4, 0.5) is 4.39 Å². The number of carbonyl (C=O) groups is 1. The van der Waals surface area contributed by atoms with Crippen molar-refractivity contribution >= 4 is 21.9 Å². The van der Waals surface area contributed by atoms with Crippen molar-refractivity contribution in [1.29, 1.82) is 0 Å². The number of benzene rings is 1. The van der Waals surface area contributed by atoms with E-state index < -0.39 is 17.8 Å². The Morgan fingerprint density at radius 1 is 1.58 bits per heavy atom. The molecular formula is C11H10BrFN4O2. The summed E-state index contributed by atoms with van der Waals surface area (Å²) in [7, 11) is 0. The molecule has 19 heavy (non-hydrogen) atoms. The first-order valence-electron chi connectivity index (χ1n) is 5.44. The summed E-state index contributed by atoms with van der Waals surface area (Å²) in [4.78, 5) is 10.7. The summed E-state index contributed by atoms with van der Waals surface area (Å²) in [5, 5.41) is 19.8. The van der Waals surface area contributed by atoms with E-state index in [0.717, 1.165) is 0 Å². The van der Waals surface area contributed by atoms with E-state index in [0.29, 0.717) is 4.47 Å². The number of aromatic nitrogens is 4. The lowest BCUT2D eigenvalue weighted by atomic mass is 10.2. The summed E-state index contributed by atoms with van der Waals surface area (Å²) in [6, 6.07) is 4.29. The zero-order chi connectivity index (χ0) is 14.0. The number of halogens is 2. The fourth-order valence-electron chi connectivity index (χ4n) is 1.68. The van der Waals surface area contributed by atoms with Crippen molar-refractivity contribution in [3.63, 3.8) is 0 Å². The first kappa shape index (κ1) is 13.6. The molecule has 0 aliphatic rings. The molecule has 1 aromatic heterocycles. The quantitative estimate of drug-likeness (QED) is 0.931. The van der Waals surface area contributed by atoms with Gasteiger partial charge in [0.2, 0.25) is 0 Å². The molecule has 0 spiro atoms. The third-order valence-corrected chi connectivity index (χ3v) is 3.19. The fourth-order valence-corrected chi connectivity index (χ4v) is 2.05. The highest BCUT2D eigenvalue weighted by atomic mass is 79.9. The Morgan fingerprint density at radius 2 is 2.32 bits per heavy atom. The second-order valence-corrected chi connectivity index (χ2v) is 4.85. The lowest BCUT2D eigenvalue weighted by molar-refractivity contribution is -0.137. The van der Waals surface area contributed by atoms with E-state index in [-0.39, 0.29) is 17.8 Å². The molecule has 1 aromatic carbocycles. The molecular weight excluding hydrogens is 319 g/mol. The van der Waals surface area contributed by atoms with Gasteiger partial charge in [-0.3, -0.25) is 4.79 Å². The van der Waals surface area contributed by atoms with Crippen LogP contribution in [-0.2, 0) is 4.79 Å². The Morgan fingerprint density at radius 3 is 3.00 bits per heavy atom. The molecule has 1 N–H and O–H groups in total. The summed E-state index contributed by atoms with van der Waals surface area (Å²) in [6.45, 7) is 1.66. The van der Waals surface area contributed by atoms with E-state index in [4.69, 9.17) is 5.11 Å². The van der Waals surface area contributed by atoms with Gasteiger partial charge in [0.05, 0.1) is 22.5 Å². The van der Waals surface area contributed by atoms with Gasteiger partial charge >= 0.3 is 5.97 Å². The maximum Gasteiger partial charge on any atom is 0.305 e. The third-order valence-electron chi connectivity index (χ3n) is 2.57. The second kappa shape index (κ2) is 5.43. The van der Waals surface area contributed by atoms with Crippen molar-refractivity contribution in [3.8, 4) is 11.4 Å². The van der Waals surface area contributed by atoms with Gasteiger partial charge in [-0.1, -0.05) is 6.07 Å². The van der Waals surface area contributed by atoms with Gasteiger partial charge < -0.3 is 5.11 Å². The number of hydrogen-bond donors (Lipinski definition) is 1. The minimum atomic E-state index is -0.969. The predicted molar refractivity (Wildman–Crippen MR) is 67.9 cm³/mol. The molecule has 0 aliphatic carbocycles. The monoisotopic (exact) mass is 328 g/mol. The number of nitrogens with zero attached hydrogens (tertiary/aromatic N) is 4. The largest absolute Gasteiger partial charge is 0.481 e. The molecule has 100 valence electrons. The van der Waals surface area contributed by atoms with Crippen LogP contribution in [-0.4, -0.2) is 31.3 Å². The molecule has 1 unspecified atom stereocenters. The first-order chi connectivity index (χ1) is 9.00. The standard InChI is InChI=1S/C11H10BrFN4O2/c1-6(5-9(18)19)17-11(14-15-16-17)7-3-2-4-8(12)10(7)13/h2-4,6H,5H2,1H3,(H,18,19). The van der Waals surface area contributed by atoms with Gasteiger partial charge in [-0.25, -0.2) is 9.07 Å². The van der Waals surface area contributed by atoms with Gasteiger partial charge in [0.25, 0.3) is 0 Å². The molecule has 0 aliphatic heterocycles. The van der Waals surface area contributed by atoms with E-state index in [1.165, 1.54) is 10.7 Å².